The largest absolute Gasteiger partial charge is 0.462 e. The van der Waals surface area contributed by atoms with Crippen molar-refractivity contribution in [1.29, 1.82) is 0 Å². The van der Waals surface area contributed by atoms with Gasteiger partial charge in [0.05, 0.1) is 6.61 Å². The van der Waals surface area contributed by atoms with Crippen LogP contribution in [0.5, 0.6) is 0 Å². The third kappa shape index (κ3) is 36.4. The topological polar surface area (TPSA) is 72.8 Å². The van der Waals surface area contributed by atoms with E-state index >= 15 is 0 Å². The zero-order valence-corrected chi connectivity index (χ0v) is 31.2. The maximum Gasteiger partial charge on any atom is 0.306 e. The maximum absolute atomic E-state index is 12.2. The molecule has 0 saturated heterocycles. The lowest BCUT2D eigenvalue weighted by atomic mass is 10.0. The summed E-state index contributed by atoms with van der Waals surface area (Å²) < 4.78 is 10.6. The van der Waals surface area contributed by atoms with Crippen LogP contribution in [0.1, 0.15) is 181 Å². The first-order chi connectivity index (χ1) is 23.6. The molecule has 0 aliphatic heterocycles. The number of ether oxygens (including phenoxy) is 2. The fourth-order valence-electron chi connectivity index (χ4n) is 5.34. The summed E-state index contributed by atoms with van der Waals surface area (Å²) in [5.74, 6) is -0.628. The normalized spacial score (nSPS) is 12.8. The molecule has 0 amide bonds. The van der Waals surface area contributed by atoms with E-state index in [2.05, 4.69) is 74.6 Å². The highest BCUT2D eigenvalue weighted by Gasteiger charge is 2.16. The van der Waals surface area contributed by atoms with Crippen molar-refractivity contribution >= 4 is 11.9 Å². The van der Waals surface area contributed by atoms with Crippen molar-refractivity contribution in [1.82, 2.24) is 0 Å². The summed E-state index contributed by atoms with van der Waals surface area (Å²) in [4.78, 5) is 24.2. The van der Waals surface area contributed by atoms with Crippen molar-refractivity contribution in [3.63, 3.8) is 0 Å². The lowest BCUT2D eigenvalue weighted by molar-refractivity contribution is -0.161. The van der Waals surface area contributed by atoms with Crippen molar-refractivity contribution in [2.24, 2.45) is 0 Å². The summed E-state index contributed by atoms with van der Waals surface area (Å²) in [5.41, 5.74) is 0. The number of hydrogen-bond acceptors (Lipinski definition) is 5. The third-order valence-corrected chi connectivity index (χ3v) is 8.33. The second kappa shape index (κ2) is 39.0. The van der Waals surface area contributed by atoms with E-state index < -0.39 is 6.10 Å². The van der Waals surface area contributed by atoms with Crippen LogP contribution in [0.15, 0.2) is 60.8 Å². The minimum atomic E-state index is -0.788. The maximum atomic E-state index is 12.2. The smallest absolute Gasteiger partial charge is 0.306 e. The highest BCUT2D eigenvalue weighted by atomic mass is 16.6. The zero-order valence-electron chi connectivity index (χ0n) is 31.2. The Morgan fingerprint density at radius 3 is 1.35 bits per heavy atom. The number of rotatable bonds is 35. The number of aliphatic hydroxyl groups excluding tert-OH is 1. The van der Waals surface area contributed by atoms with Crippen LogP contribution in [-0.2, 0) is 19.1 Å². The van der Waals surface area contributed by atoms with Gasteiger partial charge < -0.3 is 14.6 Å². The Balaban J connectivity index is 3.64. The number of esters is 2. The number of carbonyl (C=O) groups is 2. The molecule has 0 aliphatic rings. The number of allylic oxidation sites excluding steroid dienone is 10. The molecule has 5 nitrogen and oxygen atoms in total. The highest BCUT2D eigenvalue weighted by molar-refractivity contribution is 5.70. The lowest BCUT2D eigenvalue weighted by Gasteiger charge is -2.15. The fourth-order valence-corrected chi connectivity index (χ4v) is 5.34. The SMILES string of the molecule is CCC=CCC=CCC=CCC=CCC=CCCCCCC(=O)OC(CO)COC(=O)CCCCCCCCCCCCCCCCC. The van der Waals surface area contributed by atoms with Gasteiger partial charge in [0.15, 0.2) is 6.10 Å². The second-order valence-corrected chi connectivity index (χ2v) is 13.0. The quantitative estimate of drug-likeness (QED) is 0.0413. The molecule has 5 heteroatoms. The van der Waals surface area contributed by atoms with E-state index in [1.165, 1.54) is 77.0 Å². The van der Waals surface area contributed by atoms with Gasteiger partial charge in [0, 0.05) is 12.8 Å². The van der Waals surface area contributed by atoms with Gasteiger partial charge in [-0.05, 0) is 57.8 Å². The van der Waals surface area contributed by atoms with Gasteiger partial charge in [-0.25, -0.2) is 0 Å². The summed E-state index contributed by atoms with van der Waals surface area (Å²) in [7, 11) is 0. The summed E-state index contributed by atoms with van der Waals surface area (Å²) in [6.07, 6.45) is 49.9. The average Bonchev–Trinajstić information content (AvgIpc) is 3.09. The van der Waals surface area contributed by atoms with Crippen LogP contribution in [0, 0.1) is 0 Å². The Bertz CT molecular complexity index is 853. The van der Waals surface area contributed by atoms with Gasteiger partial charge in [0.1, 0.15) is 6.61 Å². The molecule has 0 aromatic heterocycles. The predicted molar refractivity (Wildman–Crippen MR) is 205 cm³/mol. The molecule has 1 unspecified atom stereocenters. The molecular weight excluding hydrogens is 596 g/mol. The van der Waals surface area contributed by atoms with Crippen molar-refractivity contribution in [3.8, 4) is 0 Å². The van der Waals surface area contributed by atoms with E-state index in [0.717, 1.165) is 77.0 Å². The summed E-state index contributed by atoms with van der Waals surface area (Å²) >= 11 is 0. The molecule has 0 aromatic rings. The van der Waals surface area contributed by atoms with E-state index in [-0.39, 0.29) is 25.2 Å². The number of unbranched alkanes of at least 4 members (excludes halogenated alkanes) is 17. The summed E-state index contributed by atoms with van der Waals surface area (Å²) in [5, 5.41) is 9.55. The van der Waals surface area contributed by atoms with Crippen LogP contribution in [-0.4, -0.2) is 36.4 Å². The average molecular weight is 671 g/mol. The molecule has 1 N–H and O–H groups in total. The Morgan fingerprint density at radius 1 is 0.500 bits per heavy atom. The third-order valence-electron chi connectivity index (χ3n) is 8.33. The van der Waals surface area contributed by atoms with Crippen LogP contribution >= 0.6 is 0 Å². The molecular formula is C43H74O5. The highest BCUT2D eigenvalue weighted by Crippen LogP contribution is 2.14. The van der Waals surface area contributed by atoms with Crippen LogP contribution in [0.4, 0.5) is 0 Å². The standard InChI is InChI=1S/C43H74O5/c1-3-5-7-9-11-13-15-17-19-20-21-22-24-26-28-30-32-34-36-38-43(46)48-41(39-44)40-47-42(45)37-35-33-31-29-27-25-23-18-16-14-12-10-8-6-4-2/h5,7,11,13,17,19,21-22,26,28,41,44H,3-4,6,8-10,12,14-16,18,20,23-25,27,29-40H2,1-2H3. The number of hydrogen-bond donors (Lipinski definition) is 1. The molecule has 0 radical (unpaired) electrons. The molecule has 0 bridgehead atoms. The van der Waals surface area contributed by atoms with E-state index in [4.69, 9.17) is 9.47 Å². The Labute approximate surface area is 296 Å². The Hall–Kier alpha value is -2.40. The first kappa shape index (κ1) is 45.6. The molecule has 276 valence electrons. The van der Waals surface area contributed by atoms with Gasteiger partial charge in [-0.2, -0.15) is 0 Å². The van der Waals surface area contributed by atoms with E-state index in [9.17, 15) is 14.7 Å². The molecule has 0 heterocycles. The van der Waals surface area contributed by atoms with Crippen molar-refractivity contribution in [3.05, 3.63) is 60.8 Å². The van der Waals surface area contributed by atoms with Crippen molar-refractivity contribution < 1.29 is 24.2 Å². The van der Waals surface area contributed by atoms with Gasteiger partial charge in [0.25, 0.3) is 0 Å². The predicted octanol–water partition coefficient (Wildman–Crippen LogP) is 12.4. The van der Waals surface area contributed by atoms with Gasteiger partial charge in [-0.3, -0.25) is 9.59 Å². The lowest BCUT2D eigenvalue weighted by Crippen LogP contribution is -2.28. The Kier molecular flexibility index (Phi) is 37.1. The van der Waals surface area contributed by atoms with Crippen LogP contribution in [0.25, 0.3) is 0 Å². The minimum Gasteiger partial charge on any atom is -0.462 e. The second-order valence-electron chi connectivity index (χ2n) is 13.0. The van der Waals surface area contributed by atoms with E-state index in [0.29, 0.717) is 12.8 Å². The van der Waals surface area contributed by atoms with Crippen molar-refractivity contribution in [2.75, 3.05) is 13.2 Å². The molecule has 0 fully saturated rings. The Morgan fingerprint density at radius 2 is 0.896 bits per heavy atom. The van der Waals surface area contributed by atoms with Crippen LogP contribution in [0.2, 0.25) is 0 Å². The molecule has 48 heavy (non-hydrogen) atoms. The summed E-state index contributed by atoms with van der Waals surface area (Å²) in [6.45, 7) is 3.99. The van der Waals surface area contributed by atoms with Gasteiger partial charge in [-0.15, -0.1) is 0 Å². The van der Waals surface area contributed by atoms with Gasteiger partial charge in [-0.1, -0.05) is 171 Å². The molecule has 0 aromatic carbocycles. The molecule has 0 rings (SSSR count). The zero-order chi connectivity index (χ0) is 35.0. The molecule has 0 aliphatic carbocycles. The molecule has 0 saturated carbocycles. The number of carbonyl (C=O) groups excluding carboxylic acids is 2. The van der Waals surface area contributed by atoms with Gasteiger partial charge >= 0.3 is 11.9 Å². The minimum absolute atomic E-state index is 0.0795. The van der Waals surface area contributed by atoms with Crippen molar-refractivity contribution in [2.45, 2.75) is 187 Å². The molecule has 0 spiro atoms. The van der Waals surface area contributed by atoms with Gasteiger partial charge in [0.2, 0.25) is 0 Å². The monoisotopic (exact) mass is 671 g/mol. The van der Waals surface area contributed by atoms with Crippen LogP contribution < -0.4 is 0 Å². The summed E-state index contributed by atoms with van der Waals surface area (Å²) in [6, 6.07) is 0. The van der Waals surface area contributed by atoms with E-state index in [1.807, 2.05) is 0 Å². The molecule has 1 atom stereocenters. The van der Waals surface area contributed by atoms with E-state index in [1.54, 1.807) is 0 Å². The first-order valence-electron chi connectivity index (χ1n) is 19.8. The first-order valence-corrected chi connectivity index (χ1v) is 19.8. The number of aliphatic hydroxyl groups is 1. The van der Waals surface area contributed by atoms with Crippen LogP contribution in [0.3, 0.4) is 0 Å². The fraction of sp³-hybridized carbons (Fsp3) is 0.721.